The zero-order chi connectivity index (χ0) is 14.0. The number of hydrogen-bond donors (Lipinski definition) is 1. The van der Waals surface area contributed by atoms with Crippen molar-refractivity contribution < 1.29 is 0 Å². The summed E-state index contributed by atoms with van der Waals surface area (Å²) >= 11 is 3.56. The molecular formula is C16H25BrN2. The molecule has 106 valence electrons. The summed E-state index contributed by atoms with van der Waals surface area (Å²) < 4.78 is 1.20. The maximum absolute atomic E-state index is 5.85. The fourth-order valence-electron chi connectivity index (χ4n) is 2.95. The molecule has 0 saturated heterocycles. The Bertz CT molecular complexity index is 442. The fourth-order valence-corrected chi connectivity index (χ4v) is 3.36. The summed E-state index contributed by atoms with van der Waals surface area (Å²) in [5, 5.41) is 0. The summed E-state index contributed by atoms with van der Waals surface area (Å²) in [5.74, 6) is 0. The van der Waals surface area contributed by atoms with E-state index in [0.717, 1.165) is 13.1 Å². The van der Waals surface area contributed by atoms with Gasteiger partial charge in [-0.2, -0.15) is 0 Å². The average molecular weight is 325 g/mol. The van der Waals surface area contributed by atoms with Crippen molar-refractivity contribution in [3.63, 3.8) is 0 Å². The van der Waals surface area contributed by atoms with E-state index in [4.69, 9.17) is 5.73 Å². The summed E-state index contributed by atoms with van der Waals surface area (Å²) in [7, 11) is 2.24. The number of hydrogen-bond acceptors (Lipinski definition) is 2. The van der Waals surface area contributed by atoms with Crippen LogP contribution in [-0.4, -0.2) is 31.1 Å². The van der Waals surface area contributed by atoms with Gasteiger partial charge in [0, 0.05) is 17.1 Å². The van der Waals surface area contributed by atoms with Gasteiger partial charge in [0.2, 0.25) is 0 Å². The number of nitrogens with two attached hydrogens (primary N) is 1. The molecule has 0 amide bonds. The third-order valence-electron chi connectivity index (χ3n) is 4.22. The predicted molar refractivity (Wildman–Crippen MR) is 85.4 cm³/mol. The third-order valence-corrected chi connectivity index (χ3v) is 4.72. The van der Waals surface area contributed by atoms with Gasteiger partial charge < -0.3 is 10.6 Å². The van der Waals surface area contributed by atoms with E-state index in [2.05, 4.69) is 59.9 Å². The number of likely N-dealkylation sites (N-methyl/N-ethyl adjacent to an activating group) is 1. The van der Waals surface area contributed by atoms with Gasteiger partial charge >= 0.3 is 0 Å². The Morgan fingerprint density at radius 3 is 2.79 bits per heavy atom. The van der Waals surface area contributed by atoms with Gasteiger partial charge in [-0.3, -0.25) is 0 Å². The van der Waals surface area contributed by atoms with Crippen molar-refractivity contribution in [1.29, 1.82) is 0 Å². The van der Waals surface area contributed by atoms with Crippen LogP contribution in [-0.2, 0) is 12.8 Å². The van der Waals surface area contributed by atoms with E-state index in [-0.39, 0.29) is 5.41 Å². The van der Waals surface area contributed by atoms with Gasteiger partial charge in [0.05, 0.1) is 0 Å². The molecule has 2 N–H and O–H groups in total. The maximum atomic E-state index is 5.85. The van der Waals surface area contributed by atoms with Gasteiger partial charge in [0.25, 0.3) is 0 Å². The molecule has 19 heavy (non-hydrogen) atoms. The molecule has 1 atom stereocenters. The molecule has 0 saturated carbocycles. The van der Waals surface area contributed by atoms with Crippen LogP contribution in [0.2, 0.25) is 0 Å². The number of benzene rings is 1. The first-order valence-corrected chi connectivity index (χ1v) is 7.88. The molecule has 0 spiro atoms. The zero-order valence-corrected chi connectivity index (χ0v) is 13.8. The lowest BCUT2D eigenvalue weighted by molar-refractivity contribution is 0.153. The number of aryl methyl sites for hydroxylation is 1. The molecule has 3 heteroatoms. The van der Waals surface area contributed by atoms with Gasteiger partial charge in [-0.15, -0.1) is 0 Å². The third kappa shape index (κ3) is 3.80. The molecule has 0 radical (unpaired) electrons. The Morgan fingerprint density at radius 1 is 1.37 bits per heavy atom. The van der Waals surface area contributed by atoms with E-state index >= 15 is 0 Å². The van der Waals surface area contributed by atoms with Crippen molar-refractivity contribution in [2.75, 3.05) is 20.1 Å². The van der Waals surface area contributed by atoms with Crippen LogP contribution in [0.4, 0.5) is 0 Å². The van der Waals surface area contributed by atoms with E-state index in [1.165, 1.54) is 34.9 Å². The lowest BCUT2D eigenvalue weighted by Crippen LogP contribution is -2.44. The first-order chi connectivity index (χ1) is 8.91. The lowest BCUT2D eigenvalue weighted by atomic mass is 9.86. The molecule has 2 rings (SSSR count). The van der Waals surface area contributed by atoms with Crippen LogP contribution in [0.1, 0.15) is 31.4 Å². The number of fused-ring (bicyclic) bond motifs is 1. The summed E-state index contributed by atoms with van der Waals surface area (Å²) in [6, 6.07) is 7.35. The second-order valence-corrected chi connectivity index (χ2v) is 7.51. The first-order valence-electron chi connectivity index (χ1n) is 7.09. The Labute approximate surface area is 125 Å². The second-order valence-electron chi connectivity index (χ2n) is 6.59. The SMILES string of the molecule is CN(CC(C)(C)CN)C1CCc2cc(Br)ccc2C1. The molecule has 0 bridgehead atoms. The van der Waals surface area contributed by atoms with Crippen LogP contribution < -0.4 is 5.73 Å². The van der Waals surface area contributed by atoms with Crippen molar-refractivity contribution in [3.05, 3.63) is 33.8 Å². The van der Waals surface area contributed by atoms with E-state index < -0.39 is 0 Å². The highest BCUT2D eigenvalue weighted by Crippen LogP contribution is 2.28. The van der Waals surface area contributed by atoms with Crippen LogP contribution in [0.15, 0.2) is 22.7 Å². The summed E-state index contributed by atoms with van der Waals surface area (Å²) in [6.07, 6.45) is 3.60. The molecule has 0 aliphatic heterocycles. The van der Waals surface area contributed by atoms with Crippen LogP contribution in [0.3, 0.4) is 0 Å². The molecule has 1 aromatic rings. The van der Waals surface area contributed by atoms with Crippen molar-refractivity contribution in [2.24, 2.45) is 11.1 Å². The average Bonchev–Trinajstić information content (AvgIpc) is 2.37. The van der Waals surface area contributed by atoms with Gasteiger partial charge in [-0.05, 0) is 61.5 Å². The topological polar surface area (TPSA) is 29.3 Å². The van der Waals surface area contributed by atoms with Crippen LogP contribution in [0, 0.1) is 5.41 Å². The molecule has 1 aliphatic carbocycles. The van der Waals surface area contributed by atoms with E-state index in [0.29, 0.717) is 6.04 Å². The Morgan fingerprint density at radius 2 is 2.11 bits per heavy atom. The minimum absolute atomic E-state index is 0.203. The van der Waals surface area contributed by atoms with E-state index in [1.807, 2.05) is 0 Å². The summed E-state index contributed by atoms with van der Waals surface area (Å²) in [5.41, 5.74) is 9.07. The predicted octanol–water partition coefficient (Wildman–Crippen LogP) is 3.22. The smallest absolute Gasteiger partial charge is 0.0178 e. The van der Waals surface area contributed by atoms with E-state index in [9.17, 15) is 0 Å². The van der Waals surface area contributed by atoms with Gasteiger partial charge in [0.1, 0.15) is 0 Å². The lowest BCUT2D eigenvalue weighted by Gasteiger charge is -2.37. The molecular weight excluding hydrogens is 300 g/mol. The molecule has 0 aromatic heterocycles. The molecule has 1 unspecified atom stereocenters. The van der Waals surface area contributed by atoms with Gasteiger partial charge in [-0.25, -0.2) is 0 Å². The first kappa shape index (κ1) is 15.0. The van der Waals surface area contributed by atoms with Crippen LogP contribution in [0.5, 0.6) is 0 Å². The molecule has 0 fully saturated rings. The Kier molecular flexibility index (Phi) is 4.70. The van der Waals surface area contributed by atoms with Crippen molar-refractivity contribution in [2.45, 2.75) is 39.2 Å². The highest BCUT2D eigenvalue weighted by atomic mass is 79.9. The Hall–Kier alpha value is -0.380. The van der Waals surface area contributed by atoms with E-state index in [1.54, 1.807) is 0 Å². The minimum atomic E-state index is 0.203. The largest absolute Gasteiger partial charge is 0.330 e. The second kappa shape index (κ2) is 5.94. The van der Waals surface area contributed by atoms with Crippen LogP contribution >= 0.6 is 15.9 Å². The Balaban J connectivity index is 2.03. The zero-order valence-electron chi connectivity index (χ0n) is 12.2. The summed E-state index contributed by atoms with van der Waals surface area (Å²) in [6.45, 7) is 6.31. The fraction of sp³-hybridized carbons (Fsp3) is 0.625. The highest BCUT2D eigenvalue weighted by Gasteiger charge is 2.26. The van der Waals surface area contributed by atoms with Crippen LogP contribution in [0.25, 0.3) is 0 Å². The van der Waals surface area contributed by atoms with Crippen molar-refractivity contribution >= 4 is 15.9 Å². The number of rotatable bonds is 4. The normalized spacial score (nSPS) is 19.6. The quantitative estimate of drug-likeness (QED) is 0.921. The maximum Gasteiger partial charge on any atom is 0.0178 e. The minimum Gasteiger partial charge on any atom is -0.330 e. The standard InChI is InChI=1S/C16H25BrN2/c1-16(2,10-18)11-19(3)15-7-5-12-8-14(17)6-4-13(12)9-15/h4,6,8,15H,5,7,9-11,18H2,1-3H3. The number of halogens is 1. The molecule has 1 aliphatic rings. The monoisotopic (exact) mass is 324 g/mol. The number of nitrogens with zero attached hydrogens (tertiary/aromatic N) is 1. The molecule has 1 aromatic carbocycles. The molecule has 2 nitrogen and oxygen atoms in total. The van der Waals surface area contributed by atoms with Crippen molar-refractivity contribution in [1.82, 2.24) is 4.90 Å². The van der Waals surface area contributed by atoms with Gasteiger partial charge in [0.15, 0.2) is 0 Å². The summed E-state index contributed by atoms with van der Waals surface area (Å²) in [4.78, 5) is 2.50. The highest BCUT2D eigenvalue weighted by molar-refractivity contribution is 9.10. The van der Waals surface area contributed by atoms with Gasteiger partial charge in [-0.1, -0.05) is 35.8 Å². The van der Waals surface area contributed by atoms with Crippen molar-refractivity contribution in [3.8, 4) is 0 Å². The molecule has 0 heterocycles.